The van der Waals surface area contributed by atoms with Crippen LogP contribution in [0.2, 0.25) is 0 Å². The van der Waals surface area contributed by atoms with Crippen molar-refractivity contribution in [1.29, 1.82) is 0 Å². The largest absolute Gasteiger partial charge is 0.455 e. The third-order valence-corrected chi connectivity index (χ3v) is 4.33. The minimum Gasteiger partial charge on any atom is -0.455 e. The zero-order valence-corrected chi connectivity index (χ0v) is 12.3. The topological polar surface area (TPSA) is 92.8 Å². The quantitative estimate of drug-likeness (QED) is 0.729. The Morgan fingerprint density at radius 2 is 1.86 bits per heavy atom. The Balaban J connectivity index is 2.69. The minimum absolute atomic E-state index is 0.148. The van der Waals surface area contributed by atoms with E-state index in [-0.39, 0.29) is 4.90 Å². The Labute approximate surface area is 121 Å². The number of sulfonamides is 1. The molecule has 0 saturated heterocycles. The highest BCUT2D eigenvalue weighted by atomic mass is 32.2. The highest BCUT2D eigenvalue weighted by Crippen LogP contribution is 2.14. The summed E-state index contributed by atoms with van der Waals surface area (Å²) in [6.45, 7) is -1.05. The number of hydrogen-bond donors (Lipinski definition) is 1. The molecule has 1 aromatic rings. The lowest BCUT2D eigenvalue weighted by atomic mass is 10.4. The van der Waals surface area contributed by atoms with Crippen molar-refractivity contribution in [2.24, 2.45) is 0 Å². The number of nitrogens with one attached hydrogen (secondary N) is 1. The molecule has 0 saturated carbocycles. The molecule has 1 N–H and O–H groups in total. The number of amides is 1. The summed E-state index contributed by atoms with van der Waals surface area (Å²) in [4.78, 5) is 22.2. The van der Waals surface area contributed by atoms with Crippen molar-refractivity contribution < 1.29 is 27.1 Å². The molecule has 0 radical (unpaired) electrons. The second kappa shape index (κ2) is 7.14. The van der Waals surface area contributed by atoms with Gasteiger partial charge in [0.1, 0.15) is 12.4 Å². The number of halogens is 1. The van der Waals surface area contributed by atoms with E-state index in [1.54, 1.807) is 0 Å². The molecule has 0 fully saturated rings. The standard InChI is InChI=1S/C12H15FN2O5S/c1-14-11(16)8-20-12(17)7-15(2)21(18,19)10-5-3-9(13)4-6-10/h3-6H,7-8H2,1-2H3,(H,14,16). The van der Waals surface area contributed by atoms with E-state index < -0.39 is 40.9 Å². The van der Waals surface area contributed by atoms with Crippen molar-refractivity contribution in [3.8, 4) is 0 Å². The fourth-order valence-corrected chi connectivity index (χ4v) is 2.43. The van der Waals surface area contributed by atoms with Gasteiger partial charge >= 0.3 is 5.97 Å². The van der Waals surface area contributed by atoms with Gasteiger partial charge in [0.15, 0.2) is 6.61 Å². The van der Waals surface area contributed by atoms with Gasteiger partial charge in [0.25, 0.3) is 5.91 Å². The first kappa shape index (κ1) is 17.1. The summed E-state index contributed by atoms with van der Waals surface area (Å²) in [7, 11) is -1.37. The van der Waals surface area contributed by atoms with Crippen LogP contribution in [-0.4, -0.2) is 51.8 Å². The Bertz CT molecular complexity index is 615. The summed E-state index contributed by atoms with van der Waals surface area (Å²) in [6.07, 6.45) is 0. The zero-order chi connectivity index (χ0) is 16.0. The van der Waals surface area contributed by atoms with E-state index in [2.05, 4.69) is 10.1 Å². The molecule has 0 aliphatic rings. The molecule has 21 heavy (non-hydrogen) atoms. The van der Waals surface area contributed by atoms with Crippen molar-refractivity contribution in [3.63, 3.8) is 0 Å². The first-order chi connectivity index (χ1) is 9.77. The maximum atomic E-state index is 12.8. The first-order valence-electron chi connectivity index (χ1n) is 5.85. The molecule has 1 rings (SSSR count). The molecule has 0 spiro atoms. The van der Waals surface area contributed by atoms with Gasteiger partial charge in [0.2, 0.25) is 10.0 Å². The van der Waals surface area contributed by atoms with E-state index in [1.807, 2.05) is 0 Å². The molecule has 9 heteroatoms. The number of rotatable bonds is 6. The van der Waals surface area contributed by atoms with Gasteiger partial charge in [0.05, 0.1) is 4.90 Å². The predicted molar refractivity (Wildman–Crippen MR) is 71.2 cm³/mol. The molecule has 0 aliphatic carbocycles. The first-order valence-corrected chi connectivity index (χ1v) is 7.29. The van der Waals surface area contributed by atoms with Crippen LogP contribution in [-0.2, 0) is 24.3 Å². The van der Waals surface area contributed by atoms with E-state index in [4.69, 9.17) is 0 Å². The van der Waals surface area contributed by atoms with Crippen molar-refractivity contribution in [2.45, 2.75) is 4.90 Å². The molecule has 0 unspecified atom stereocenters. The number of ether oxygens (including phenoxy) is 1. The highest BCUT2D eigenvalue weighted by Gasteiger charge is 2.23. The third-order valence-electron chi connectivity index (χ3n) is 2.52. The lowest BCUT2D eigenvalue weighted by molar-refractivity contribution is -0.148. The van der Waals surface area contributed by atoms with Gasteiger partial charge in [-0.15, -0.1) is 0 Å². The van der Waals surface area contributed by atoms with Gasteiger partial charge in [0, 0.05) is 14.1 Å². The van der Waals surface area contributed by atoms with Crippen LogP contribution in [0, 0.1) is 5.82 Å². The summed E-state index contributed by atoms with van der Waals surface area (Å²) in [5.41, 5.74) is 0. The third kappa shape index (κ3) is 4.80. The maximum absolute atomic E-state index is 12.8. The molecule has 7 nitrogen and oxygen atoms in total. The number of benzene rings is 1. The van der Waals surface area contributed by atoms with Crippen molar-refractivity contribution in [1.82, 2.24) is 9.62 Å². The lowest BCUT2D eigenvalue weighted by Gasteiger charge is -2.16. The number of nitrogens with zero attached hydrogens (tertiary/aromatic N) is 1. The van der Waals surface area contributed by atoms with Crippen LogP contribution in [0.1, 0.15) is 0 Å². The van der Waals surface area contributed by atoms with Gasteiger partial charge in [-0.2, -0.15) is 4.31 Å². The van der Waals surface area contributed by atoms with Crippen LogP contribution >= 0.6 is 0 Å². The summed E-state index contributed by atoms with van der Waals surface area (Å²) in [6, 6.07) is 4.20. The van der Waals surface area contributed by atoms with Crippen LogP contribution in [0.3, 0.4) is 0 Å². The maximum Gasteiger partial charge on any atom is 0.321 e. The monoisotopic (exact) mass is 318 g/mol. The Kier molecular flexibility index (Phi) is 5.79. The number of carbonyl (C=O) groups excluding carboxylic acids is 2. The molecule has 1 aromatic carbocycles. The molecule has 1 amide bonds. The number of carbonyl (C=O) groups is 2. The molecule has 0 heterocycles. The predicted octanol–water partition coefficient (Wildman–Crippen LogP) is -0.265. The summed E-state index contributed by atoms with van der Waals surface area (Å²) >= 11 is 0. The molecule has 0 atom stereocenters. The molecule has 116 valence electrons. The smallest absolute Gasteiger partial charge is 0.321 e. The summed E-state index contributed by atoms with van der Waals surface area (Å²) in [5.74, 6) is -1.94. The molecule has 0 aliphatic heterocycles. The van der Waals surface area contributed by atoms with Gasteiger partial charge in [-0.25, -0.2) is 12.8 Å². The van der Waals surface area contributed by atoms with Gasteiger partial charge < -0.3 is 10.1 Å². The average molecular weight is 318 g/mol. The normalized spacial score (nSPS) is 11.2. The Morgan fingerprint density at radius 3 is 2.38 bits per heavy atom. The van der Waals surface area contributed by atoms with Crippen molar-refractivity contribution in [2.75, 3.05) is 27.2 Å². The lowest BCUT2D eigenvalue weighted by Crippen LogP contribution is -2.34. The van der Waals surface area contributed by atoms with Crippen molar-refractivity contribution in [3.05, 3.63) is 30.1 Å². The minimum atomic E-state index is -3.93. The van der Waals surface area contributed by atoms with Gasteiger partial charge in [-0.05, 0) is 24.3 Å². The second-order valence-corrected chi connectivity index (χ2v) is 6.09. The van der Waals surface area contributed by atoms with Gasteiger partial charge in [-0.1, -0.05) is 0 Å². The SMILES string of the molecule is CNC(=O)COC(=O)CN(C)S(=O)(=O)c1ccc(F)cc1. The highest BCUT2D eigenvalue weighted by molar-refractivity contribution is 7.89. The van der Waals surface area contributed by atoms with Crippen LogP contribution in [0.25, 0.3) is 0 Å². The fourth-order valence-electron chi connectivity index (χ4n) is 1.32. The number of likely N-dealkylation sites (N-methyl/N-ethyl adjacent to an activating group) is 2. The van der Waals surface area contributed by atoms with Gasteiger partial charge in [-0.3, -0.25) is 9.59 Å². The Morgan fingerprint density at radius 1 is 1.29 bits per heavy atom. The summed E-state index contributed by atoms with van der Waals surface area (Å²) < 4.78 is 42.3. The zero-order valence-electron chi connectivity index (χ0n) is 11.5. The molecular formula is C12H15FN2O5S. The Hall–Kier alpha value is -2.00. The van der Waals surface area contributed by atoms with E-state index in [9.17, 15) is 22.4 Å². The van der Waals surface area contributed by atoms with E-state index in [1.165, 1.54) is 14.1 Å². The average Bonchev–Trinajstić information content (AvgIpc) is 2.45. The molecular weight excluding hydrogens is 303 g/mol. The van der Waals surface area contributed by atoms with Crippen LogP contribution in [0.4, 0.5) is 4.39 Å². The van der Waals surface area contributed by atoms with Crippen LogP contribution in [0.5, 0.6) is 0 Å². The molecule has 0 bridgehead atoms. The van der Waals surface area contributed by atoms with Crippen LogP contribution < -0.4 is 5.32 Å². The molecule has 0 aromatic heterocycles. The fraction of sp³-hybridized carbons (Fsp3) is 0.333. The summed E-state index contributed by atoms with van der Waals surface area (Å²) in [5, 5.41) is 2.25. The second-order valence-electron chi connectivity index (χ2n) is 4.05. The van der Waals surface area contributed by atoms with E-state index >= 15 is 0 Å². The van der Waals surface area contributed by atoms with E-state index in [0.717, 1.165) is 28.6 Å². The van der Waals surface area contributed by atoms with Crippen molar-refractivity contribution >= 4 is 21.9 Å². The van der Waals surface area contributed by atoms with Crippen LogP contribution in [0.15, 0.2) is 29.2 Å². The number of esters is 1. The number of hydrogen-bond acceptors (Lipinski definition) is 5. The van der Waals surface area contributed by atoms with E-state index in [0.29, 0.717) is 0 Å².